The number of hydrogen-bond donors (Lipinski definition) is 2. The Labute approximate surface area is 113 Å². The van der Waals surface area contributed by atoms with E-state index in [0.717, 1.165) is 10.4 Å². The van der Waals surface area contributed by atoms with Crippen LogP contribution in [0.5, 0.6) is 0 Å². The van der Waals surface area contributed by atoms with Crippen LogP contribution in [-0.4, -0.2) is 27.3 Å². The fourth-order valence-corrected chi connectivity index (χ4v) is 2.29. The Morgan fingerprint density at radius 2 is 1.89 bits per heavy atom. The molecule has 94 valence electrons. The molecule has 7 heteroatoms. The van der Waals surface area contributed by atoms with Crippen molar-refractivity contribution in [2.24, 2.45) is 0 Å². The van der Waals surface area contributed by atoms with Crippen LogP contribution in [0.25, 0.3) is 22.2 Å². The van der Waals surface area contributed by atoms with Gasteiger partial charge in [-0.1, -0.05) is 35.5 Å². The maximum atomic E-state index is 9.02. The van der Waals surface area contributed by atoms with Crippen LogP contribution in [-0.2, 0) is 0 Å². The molecule has 0 aliphatic rings. The summed E-state index contributed by atoms with van der Waals surface area (Å²) in [4.78, 5) is 5.22. The third-order valence-corrected chi connectivity index (χ3v) is 3.48. The lowest BCUT2D eigenvalue weighted by atomic mass is 9.80. The molecular weight excluding hydrogens is 263 g/mol. The fourth-order valence-electron chi connectivity index (χ4n) is 1.65. The normalized spacial score (nSPS) is 10.6. The SMILES string of the molecule is OB(O)c1ccc(-c2noc(-c3cccs3)n2)cc1. The van der Waals surface area contributed by atoms with Crippen molar-refractivity contribution in [3.63, 3.8) is 0 Å². The monoisotopic (exact) mass is 272 g/mol. The molecule has 1 aromatic carbocycles. The molecule has 19 heavy (non-hydrogen) atoms. The Bertz CT molecular complexity index is 665. The highest BCUT2D eigenvalue weighted by molar-refractivity contribution is 7.13. The van der Waals surface area contributed by atoms with E-state index in [1.807, 2.05) is 17.5 Å². The molecule has 0 aliphatic heterocycles. The predicted octanol–water partition coefficient (Wildman–Crippen LogP) is 1.14. The highest BCUT2D eigenvalue weighted by Gasteiger charge is 2.13. The quantitative estimate of drug-likeness (QED) is 0.699. The average molecular weight is 272 g/mol. The summed E-state index contributed by atoms with van der Waals surface area (Å²) in [5.41, 5.74) is 1.18. The summed E-state index contributed by atoms with van der Waals surface area (Å²) < 4.78 is 5.19. The van der Waals surface area contributed by atoms with Crippen molar-refractivity contribution in [1.82, 2.24) is 10.1 Å². The molecule has 3 rings (SSSR count). The van der Waals surface area contributed by atoms with Gasteiger partial charge in [0.2, 0.25) is 5.82 Å². The van der Waals surface area contributed by atoms with Gasteiger partial charge in [-0.15, -0.1) is 11.3 Å². The second-order valence-electron chi connectivity index (χ2n) is 3.90. The van der Waals surface area contributed by atoms with Crippen molar-refractivity contribution in [3.05, 3.63) is 41.8 Å². The summed E-state index contributed by atoms with van der Waals surface area (Å²) in [5.74, 6) is 0.957. The van der Waals surface area contributed by atoms with Gasteiger partial charge >= 0.3 is 7.12 Å². The van der Waals surface area contributed by atoms with Gasteiger partial charge in [-0.2, -0.15) is 4.98 Å². The van der Waals surface area contributed by atoms with Crippen LogP contribution in [0.2, 0.25) is 0 Å². The lowest BCUT2D eigenvalue weighted by Crippen LogP contribution is -2.29. The molecule has 2 N–H and O–H groups in total. The molecule has 0 unspecified atom stereocenters. The van der Waals surface area contributed by atoms with Gasteiger partial charge in [0, 0.05) is 5.56 Å². The number of thiophene rings is 1. The molecule has 5 nitrogen and oxygen atoms in total. The van der Waals surface area contributed by atoms with Crippen molar-refractivity contribution in [2.45, 2.75) is 0 Å². The Morgan fingerprint density at radius 1 is 1.11 bits per heavy atom. The van der Waals surface area contributed by atoms with E-state index in [9.17, 15) is 0 Å². The Balaban J connectivity index is 1.90. The van der Waals surface area contributed by atoms with E-state index in [2.05, 4.69) is 10.1 Å². The van der Waals surface area contributed by atoms with Crippen LogP contribution in [0, 0.1) is 0 Å². The van der Waals surface area contributed by atoms with Gasteiger partial charge in [0.15, 0.2) is 0 Å². The number of rotatable bonds is 3. The number of nitrogens with zero attached hydrogens (tertiary/aromatic N) is 2. The van der Waals surface area contributed by atoms with E-state index in [1.165, 1.54) is 11.3 Å². The van der Waals surface area contributed by atoms with Crippen molar-refractivity contribution in [1.29, 1.82) is 0 Å². The maximum Gasteiger partial charge on any atom is 0.488 e. The summed E-state index contributed by atoms with van der Waals surface area (Å²) in [7, 11) is -1.47. The molecule has 2 aromatic heterocycles. The first-order chi connectivity index (χ1) is 9.24. The van der Waals surface area contributed by atoms with Crippen LogP contribution in [0.3, 0.4) is 0 Å². The summed E-state index contributed by atoms with van der Waals surface area (Å²) in [5, 5.41) is 23.9. The van der Waals surface area contributed by atoms with Crippen LogP contribution in [0.1, 0.15) is 0 Å². The van der Waals surface area contributed by atoms with Gasteiger partial charge in [0.05, 0.1) is 4.88 Å². The molecule has 0 saturated carbocycles. The maximum absolute atomic E-state index is 9.02. The van der Waals surface area contributed by atoms with Gasteiger partial charge in [0.1, 0.15) is 0 Å². The van der Waals surface area contributed by atoms with Gasteiger partial charge in [-0.3, -0.25) is 0 Å². The smallest absolute Gasteiger partial charge is 0.423 e. The van der Waals surface area contributed by atoms with E-state index in [4.69, 9.17) is 14.6 Å². The third kappa shape index (κ3) is 2.44. The Morgan fingerprint density at radius 3 is 2.53 bits per heavy atom. The predicted molar refractivity (Wildman–Crippen MR) is 72.9 cm³/mol. The second kappa shape index (κ2) is 4.97. The number of benzene rings is 1. The summed E-state index contributed by atoms with van der Waals surface area (Å²) in [6.07, 6.45) is 0. The first-order valence-corrected chi connectivity index (χ1v) is 6.46. The number of hydrogen-bond acceptors (Lipinski definition) is 6. The molecule has 0 spiro atoms. The van der Waals surface area contributed by atoms with E-state index in [-0.39, 0.29) is 0 Å². The zero-order valence-corrected chi connectivity index (χ0v) is 10.5. The first kappa shape index (κ1) is 12.1. The van der Waals surface area contributed by atoms with Crippen molar-refractivity contribution < 1.29 is 14.6 Å². The molecule has 0 saturated heterocycles. The van der Waals surface area contributed by atoms with E-state index in [1.54, 1.807) is 24.3 Å². The molecule has 3 aromatic rings. The minimum Gasteiger partial charge on any atom is -0.423 e. The highest BCUT2D eigenvalue weighted by Crippen LogP contribution is 2.25. The van der Waals surface area contributed by atoms with Crippen LogP contribution >= 0.6 is 11.3 Å². The van der Waals surface area contributed by atoms with Gasteiger partial charge in [0.25, 0.3) is 5.89 Å². The molecule has 0 radical (unpaired) electrons. The van der Waals surface area contributed by atoms with Crippen LogP contribution < -0.4 is 5.46 Å². The minimum absolute atomic E-state index is 0.422. The van der Waals surface area contributed by atoms with Crippen molar-refractivity contribution in [3.8, 4) is 22.2 Å². The molecular formula is C12H9BN2O3S. The zero-order valence-electron chi connectivity index (χ0n) is 9.72. The van der Waals surface area contributed by atoms with Gasteiger partial charge in [-0.25, -0.2) is 0 Å². The summed E-state index contributed by atoms with van der Waals surface area (Å²) in [6, 6.07) is 10.5. The lowest BCUT2D eigenvalue weighted by molar-refractivity contribution is 0.426. The topological polar surface area (TPSA) is 79.4 Å². The highest BCUT2D eigenvalue weighted by atomic mass is 32.1. The average Bonchev–Trinajstić information content (AvgIpc) is 3.10. The fraction of sp³-hybridized carbons (Fsp3) is 0. The molecule has 0 fully saturated rings. The molecule has 0 bridgehead atoms. The molecule has 0 atom stereocenters. The molecule has 2 heterocycles. The number of aromatic nitrogens is 2. The van der Waals surface area contributed by atoms with Crippen molar-refractivity contribution >= 4 is 23.9 Å². The minimum atomic E-state index is -1.47. The first-order valence-electron chi connectivity index (χ1n) is 5.58. The standard InChI is InChI=1S/C12H9BN2O3S/c16-13(17)9-5-3-8(4-6-9)11-14-12(18-15-11)10-2-1-7-19-10/h1-7,16-17H. The summed E-state index contributed by atoms with van der Waals surface area (Å²) in [6.45, 7) is 0. The van der Waals surface area contributed by atoms with Gasteiger partial charge in [-0.05, 0) is 16.9 Å². The van der Waals surface area contributed by atoms with Crippen LogP contribution in [0.4, 0.5) is 0 Å². The van der Waals surface area contributed by atoms with Crippen molar-refractivity contribution in [2.75, 3.05) is 0 Å². The largest absolute Gasteiger partial charge is 0.488 e. The van der Waals surface area contributed by atoms with E-state index in [0.29, 0.717) is 17.2 Å². The zero-order chi connectivity index (χ0) is 13.2. The molecule has 0 amide bonds. The van der Waals surface area contributed by atoms with Crippen LogP contribution in [0.15, 0.2) is 46.3 Å². The van der Waals surface area contributed by atoms with E-state index < -0.39 is 7.12 Å². The Hall–Kier alpha value is -1.96. The summed E-state index contributed by atoms with van der Waals surface area (Å²) >= 11 is 1.53. The van der Waals surface area contributed by atoms with E-state index >= 15 is 0 Å². The molecule has 0 aliphatic carbocycles. The lowest BCUT2D eigenvalue weighted by Gasteiger charge is -1.99. The second-order valence-corrected chi connectivity index (χ2v) is 4.84. The Kier molecular flexibility index (Phi) is 3.16. The third-order valence-electron chi connectivity index (χ3n) is 2.63. The van der Waals surface area contributed by atoms with Gasteiger partial charge < -0.3 is 14.6 Å².